The molecule has 1 amide bonds. The molecule has 1 N–H and O–H groups in total. The summed E-state index contributed by atoms with van der Waals surface area (Å²) >= 11 is 0. The Hall–Kier alpha value is -3.32. The van der Waals surface area contributed by atoms with E-state index in [0.29, 0.717) is 48.9 Å². The Morgan fingerprint density at radius 3 is 2.28 bits per heavy atom. The Bertz CT molecular complexity index is 1090. The van der Waals surface area contributed by atoms with Crippen molar-refractivity contribution >= 4 is 17.4 Å². The van der Waals surface area contributed by atoms with E-state index >= 15 is 0 Å². The third-order valence-electron chi connectivity index (χ3n) is 6.46. The number of amides is 1. The molecule has 1 atom stereocenters. The Morgan fingerprint density at radius 2 is 1.67 bits per heavy atom. The molecule has 0 aliphatic carbocycles. The maximum Gasteiger partial charge on any atom is 0.295 e. The van der Waals surface area contributed by atoms with Crippen molar-refractivity contribution in [3.8, 4) is 11.5 Å². The van der Waals surface area contributed by atoms with Gasteiger partial charge in [-0.25, -0.2) is 0 Å². The van der Waals surface area contributed by atoms with Crippen molar-refractivity contribution in [2.45, 2.75) is 47.1 Å². The van der Waals surface area contributed by atoms with Crippen LogP contribution >= 0.6 is 0 Å². The van der Waals surface area contributed by atoms with Gasteiger partial charge in [-0.3, -0.25) is 9.59 Å². The van der Waals surface area contributed by atoms with Crippen LogP contribution in [0.1, 0.15) is 56.8 Å². The number of likely N-dealkylation sites (tertiary alicyclic amines) is 1. The fourth-order valence-electron chi connectivity index (χ4n) is 4.41. The van der Waals surface area contributed by atoms with E-state index in [0.717, 1.165) is 25.1 Å². The minimum atomic E-state index is -0.735. The largest absolute Gasteiger partial charge is 0.507 e. The number of carbonyl (C=O) groups is 2. The number of nitrogens with zero attached hydrogens (tertiary/aromatic N) is 2. The molecule has 0 bridgehead atoms. The standard InChI is InChI=1S/C29H38N2O5/c1-6-18-36-23-15-14-22(19-24(23)35-9-4)26-25(27(32)21-12-10-20(5)11-13-21)28(33)29(34)31(26)17-16-30(7-2)8-3/h10-15,19,26,32H,6-9,16-18H2,1-5H3/b27-25+. The Morgan fingerprint density at radius 1 is 0.972 bits per heavy atom. The molecule has 0 radical (unpaired) electrons. The van der Waals surface area contributed by atoms with Gasteiger partial charge in [-0.1, -0.05) is 56.7 Å². The molecular weight excluding hydrogens is 456 g/mol. The lowest BCUT2D eigenvalue weighted by atomic mass is 9.94. The van der Waals surface area contributed by atoms with Gasteiger partial charge in [0.15, 0.2) is 11.5 Å². The lowest BCUT2D eigenvalue weighted by Gasteiger charge is -2.28. The first-order chi connectivity index (χ1) is 17.4. The summed E-state index contributed by atoms with van der Waals surface area (Å²) in [5.74, 6) is -0.297. The average Bonchev–Trinajstić information content (AvgIpc) is 3.13. The molecule has 1 fully saturated rings. The smallest absolute Gasteiger partial charge is 0.295 e. The number of ether oxygens (including phenoxy) is 2. The maximum atomic E-state index is 13.3. The van der Waals surface area contributed by atoms with Crippen LogP contribution in [-0.2, 0) is 9.59 Å². The van der Waals surface area contributed by atoms with E-state index in [2.05, 4.69) is 18.7 Å². The van der Waals surface area contributed by atoms with Crippen LogP contribution in [0.15, 0.2) is 48.0 Å². The van der Waals surface area contributed by atoms with E-state index in [-0.39, 0.29) is 11.3 Å². The second-order valence-corrected chi connectivity index (χ2v) is 8.87. The summed E-state index contributed by atoms with van der Waals surface area (Å²) in [7, 11) is 0. The zero-order valence-electron chi connectivity index (χ0n) is 22.0. The van der Waals surface area contributed by atoms with Crippen molar-refractivity contribution in [3.63, 3.8) is 0 Å². The molecule has 3 rings (SSSR count). The normalized spacial score (nSPS) is 17.2. The van der Waals surface area contributed by atoms with Gasteiger partial charge in [0.2, 0.25) is 0 Å². The van der Waals surface area contributed by atoms with Gasteiger partial charge >= 0.3 is 0 Å². The van der Waals surface area contributed by atoms with Crippen LogP contribution in [-0.4, -0.2) is 66.0 Å². The molecule has 0 saturated carbocycles. The van der Waals surface area contributed by atoms with Crippen LogP contribution in [0.4, 0.5) is 0 Å². The van der Waals surface area contributed by atoms with E-state index in [9.17, 15) is 14.7 Å². The molecule has 194 valence electrons. The highest BCUT2D eigenvalue weighted by Crippen LogP contribution is 2.42. The third-order valence-corrected chi connectivity index (χ3v) is 6.46. The zero-order valence-corrected chi connectivity index (χ0v) is 22.0. The van der Waals surface area contributed by atoms with Crippen molar-refractivity contribution in [1.82, 2.24) is 9.80 Å². The molecule has 1 saturated heterocycles. The first-order valence-electron chi connectivity index (χ1n) is 12.8. The van der Waals surface area contributed by atoms with Crippen molar-refractivity contribution in [1.29, 1.82) is 0 Å². The van der Waals surface area contributed by atoms with Crippen molar-refractivity contribution < 1.29 is 24.2 Å². The molecule has 1 unspecified atom stereocenters. The van der Waals surface area contributed by atoms with E-state index in [1.807, 2.05) is 51.1 Å². The van der Waals surface area contributed by atoms with Gasteiger partial charge in [-0.2, -0.15) is 0 Å². The Balaban J connectivity index is 2.13. The lowest BCUT2D eigenvalue weighted by molar-refractivity contribution is -0.140. The number of likely N-dealkylation sites (N-methyl/N-ethyl adjacent to an activating group) is 1. The van der Waals surface area contributed by atoms with Crippen molar-refractivity contribution in [2.75, 3.05) is 39.4 Å². The quantitative estimate of drug-likeness (QED) is 0.256. The van der Waals surface area contributed by atoms with E-state index in [4.69, 9.17) is 9.47 Å². The van der Waals surface area contributed by atoms with Crippen molar-refractivity contribution in [3.05, 3.63) is 64.7 Å². The molecule has 0 aromatic heterocycles. The summed E-state index contributed by atoms with van der Waals surface area (Å²) in [6.45, 7) is 13.7. The first kappa shape index (κ1) is 27.3. The van der Waals surface area contributed by atoms with Crippen LogP contribution < -0.4 is 9.47 Å². The number of Topliss-reactive ketones (excluding diaryl/α,β-unsaturated/α-hetero) is 1. The molecule has 0 spiro atoms. The Labute approximate surface area is 214 Å². The van der Waals surface area contributed by atoms with Gasteiger partial charge in [0.05, 0.1) is 24.8 Å². The highest BCUT2D eigenvalue weighted by molar-refractivity contribution is 6.46. The van der Waals surface area contributed by atoms with Crippen LogP contribution in [0.3, 0.4) is 0 Å². The molecule has 1 aliphatic heterocycles. The fourth-order valence-corrected chi connectivity index (χ4v) is 4.41. The number of hydrogen-bond acceptors (Lipinski definition) is 6. The number of carbonyl (C=O) groups excluding carboxylic acids is 2. The third kappa shape index (κ3) is 5.90. The SMILES string of the molecule is CCCOc1ccc(C2/C(=C(\O)c3ccc(C)cc3)C(=O)C(=O)N2CCN(CC)CC)cc1OCC. The summed E-state index contributed by atoms with van der Waals surface area (Å²) in [4.78, 5) is 30.3. The number of hydrogen-bond donors (Lipinski definition) is 1. The number of aryl methyl sites for hydroxylation is 1. The number of aliphatic hydroxyl groups excluding tert-OH is 1. The molecule has 1 heterocycles. The van der Waals surface area contributed by atoms with Crippen molar-refractivity contribution in [2.24, 2.45) is 0 Å². The average molecular weight is 495 g/mol. The summed E-state index contributed by atoms with van der Waals surface area (Å²) in [5, 5.41) is 11.3. The topological polar surface area (TPSA) is 79.3 Å². The second kappa shape index (κ2) is 12.6. The van der Waals surface area contributed by atoms with Crippen LogP contribution in [0, 0.1) is 6.92 Å². The molecule has 1 aliphatic rings. The summed E-state index contributed by atoms with van der Waals surface area (Å²) in [6.07, 6.45) is 0.857. The van der Waals surface area contributed by atoms with Gasteiger partial charge in [0.25, 0.3) is 11.7 Å². The van der Waals surface area contributed by atoms with E-state index in [1.165, 1.54) is 0 Å². The fraction of sp³-hybridized carbons (Fsp3) is 0.448. The highest BCUT2D eigenvalue weighted by atomic mass is 16.5. The van der Waals surface area contributed by atoms with Crippen LogP contribution in [0.25, 0.3) is 5.76 Å². The predicted molar refractivity (Wildman–Crippen MR) is 141 cm³/mol. The van der Waals surface area contributed by atoms with Crippen LogP contribution in [0.2, 0.25) is 0 Å². The summed E-state index contributed by atoms with van der Waals surface area (Å²) in [5.41, 5.74) is 2.31. The van der Waals surface area contributed by atoms with Gasteiger partial charge < -0.3 is 24.4 Å². The molecule has 2 aromatic carbocycles. The summed E-state index contributed by atoms with van der Waals surface area (Å²) < 4.78 is 11.7. The van der Waals surface area contributed by atoms with Gasteiger partial charge in [-0.15, -0.1) is 0 Å². The predicted octanol–water partition coefficient (Wildman–Crippen LogP) is 4.95. The minimum absolute atomic E-state index is 0.0908. The van der Waals surface area contributed by atoms with E-state index < -0.39 is 17.7 Å². The number of aliphatic hydroxyl groups is 1. The molecule has 2 aromatic rings. The Kier molecular flexibility index (Phi) is 9.53. The summed E-state index contributed by atoms with van der Waals surface area (Å²) in [6, 6.07) is 12.0. The molecular formula is C29H38N2O5. The molecule has 36 heavy (non-hydrogen) atoms. The van der Waals surface area contributed by atoms with Gasteiger partial charge in [-0.05, 0) is 51.1 Å². The molecule has 7 heteroatoms. The maximum absolute atomic E-state index is 13.3. The van der Waals surface area contributed by atoms with Crippen LogP contribution in [0.5, 0.6) is 11.5 Å². The zero-order chi connectivity index (χ0) is 26.2. The number of ketones is 1. The monoisotopic (exact) mass is 494 g/mol. The van der Waals surface area contributed by atoms with Gasteiger partial charge in [0, 0.05) is 18.7 Å². The second-order valence-electron chi connectivity index (χ2n) is 8.87. The van der Waals surface area contributed by atoms with Gasteiger partial charge in [0.1, 0.15) is 5.76 Å². The number of rotatable bonds is 12. The lowest BCUT2D eigenvalue weighted by Crippen LogP contribution is -2.38. The van der Waals surface area contributed by atoms with E-state index in [1.54, 1.807) is 17.0 Å². The number of benzene rings is 2. The first-order valence-corrected chi connectivity index (χ1v) is 12.8. The minimum Gasteiger partial charge on any atom is -0.507 e. The molecule has 7 nitrogen and oxygen atoms in total. The highest BCUT2D eigenvalue weighted by Gasteiger charge is 2.46.